The summed E-state index contributed by atoms with van der Waals surface area (Å²) in [5, 5.41) is 16.3. The quantitative estimate of drug-likeness (QED) is 0.518. The summed E-state index contributed by atoms with van der Waals surface area (Å²) in [5.41, 5.74) is 8.03. The molecule has 1 amide bonds. The minimum absolute atomic E-state index is 0.136. The second-order valence-electron chi connectivity index (χ2n) is 8.03. The lowest BCUT2D eigenvalue weighted by Gasteiger charge is -2.30. The summed E-state index contributed by atoms with van der Waals surface area (Å²) < 4.78 is 4.72. The summed E-state index contributed by atoms with van der Waals surface area (Å²) in [5.74, 6) is 0.374. The molecule has 1 atom stereocenters. The second-order valence-corrected chi connectivity index (χ2v) is 8.99. The van der Waals surface area contributed by atoms with Crippen molar-refractivity contribution >= 4 is 29.2 Å². The molecule has 4 N–H and O–H groups in total. The summed E-state index contributed by atoms with van der Waals surface area (Å²) in [6.45, 7) is 5.95. The van der Waals surface area contributed by atoms with Crippen molar-refractivity contribution in [3.8, 4) is 0 Å². The van der Waals surface area contributed by atoms with Gasteiger partial charge in [-0.05, 0) is 54.8 Å². The molecule has 1 aromatic carbocycles. The zero-order valence-corrected chi connectivity index (χ0v) is 19.0. The summed E-state index contributed by atoms with van der Waals surface area (Å²) >= 11 is 1.55. The van der Waals surface area contributed by atoms with Crippen LogP contribution in [0.2, 0.25) is 0 Å². The van der Waals surface area contributed by atoms with Gasteiger partial charge in [0, 0.05) is 31.5 Å². The maximum atomic E-state index is 13.3. The average Bonchev–Trinajstić information content (AvgIpc) is 3.38. The molecule has 0 aliphatic carbocycles. The van der Waals surface area contributed by atoms with Gasteiger partial charge in [-0.15, -0.1) is 0 Å². The third-order valence-electron chi connectivity index (χ3n) is 5.74. The normalized spacial score (nSPS) is 19.2. The highest BCUT2D eigenvalue weighted by atomic mass is 32.2. The largest absolute Gasteiger partial charge is 0.379 e. The number of nitrogens with zero attached hydrogens (tertiary/aromatic N) is 4. The fourth-order valence-corrected chi connectivity index (χ4v) is 5.00. The van der Waals surface area contributed by atoms with Crippen LogP contribution in [0.25, 0.3) is 5.70 Å². The van der Waals surface area contributed by atoms with Crippen molar-refractivity contribution in [2.45, 2.75) is 31.2 Å². The summed E-state index contributed by atoms with van der Waals surface area (Å²) in [6.07, 6.45) is 3.30. The van der Waals surface area contributed by atoms with Crippen molar-refractivity contribution in [1.82, 2.24) is 30.7 Å². The molecule has 1 fully saturated rings. The topological polar surface area (TPSA) is 113 Å². The molecule has 32 heavy (non-hydrogen) atoms. The fraction of sp³-hybridized carbons (Fsp3) is 0.500. The molecule has 0 radical (unpaired) electrons. The Kier molecular flexibility index (Phi) is 8.02. The molecule has 172 valence electrons. The van der Waals surface area contributed by atoms with Crippen LogP contribution in [0.15, 0.2) is 40.4 Å². The number of hydrogen-bond acceptors (Lipinski definition) is 9. The van der Waals surface area contributed by atoms with E-state index in [4.69, 9.17) is 10.4 Å². The van der Waals surface area contributed by atoms with Crippen molar-refractivity contribution in [1.29, 1.82) is 0 Å². The van der Waals surface area contributed by atoms with Crippen LogP contribution in [0.4, 0.5) is 5.82 Å². The lowest BCUT2D eigenvalue weighted by molar-refractivity contribution is -0.132. The fourth-order valence-electron chi connectivity index (χ4n) is 3.99. The molecule has 1 unspecified atom stereocenters. The number of anilines is 1. The van der Waals surface area contributed by atoms with E-state index < -0.39 is 0 Å². The van der Waals surface area contributed by atoms with Crippen LogP contribution in [-0.2, 0) is 11.2 Å². The summed E-state index contributed by atoms with van der Waals surface area (Å²) in [6, 6.07) is 10.1. The maximum Gasteiger partial charge on any atom is 0.225 e. The van der Waals surface area contributed by atoms with Gasteiger partial charge in [0.15, 0.2) is 17.0 Å². The molecule has 4 rings (SSSR count). The highest BCUT2D eigenvalue weighted by Crippen LogP contribution is 2.31. The Balaban J connectivity index is 1.36. The Labute approximate surface area is 192 Å². The van der Waals surface area contributed by atoms with Crippen molar-refractivity contribution in [3.63, 3.8) is 0 Å². The van der Waals surface area contributed by atoms with Gasteiger partial charge in [-0.25, -0.2) is 4.63 Å². The lowest BCUT2D eigenvalue weighted by Crippen LogP contribution is -2.45. The van der Waals surface area contributed by atoms with Crippen LogP contribution >= 0.6 is 11.8 Å². The molecule has 1 aromatic heterocycles. The minimum atomic E-state index is -0.199. The van der Waals surface area contributed by atoms with Crippen LogP contribution in [-0.4, -0.2) is 70.8 Å². The number of carbonyl (C=O) groups is 1. The Morgan fingerprint density at radius 3 is 2.94 bits per heavy atom. The smallest absolute Gasteiger partial charge is 0.225 e. The van der Waals surface area contributed by atoms with Crippen LogP contribution in [0, 0.1) is 0 Å². The highest BCUT2D eigenvalue weighted by molar-refractivity contribution is 8.03. The number of aryl methyl sites for hydroxylation is 1. The van der Waals surface area contributed by atoms with Crippen LogP contribution in [0.1, 0.15) is 30.5 Å². The van der Waals surface area contributed by atoms with Crippen molar-refractivity contribution < 1.29 is 9.42 Å². The number of nitrogens with two attached hydrogens (primary N) is 1. The van der Waals surface area contributed by atoms with Crippen LogP contribution < -0.4 is 16.4 Å². The van der Waals surface area contributed by atoms with E-state index >= 15 is 0 Å². The van der Waals surface area contributed by atoms with Gasteiger partial charge in [0.1, 0.15) is 0 Å². The van der Waals surface area contributed by atoms with Crippen molar-refractivity contribution in [3.05, 3.63) is 47.0 Å². The molecule has 1 saturated heterocycles. The first-order valence-corrected chi connectivity index (χ1v) is 12.1. The molecular weight excluding hydrogens is 426 g/mol. The van der Waals surface area contributed by atoms with Crippen molar-refractivity contribution in [2.75, 3.05) is 45.0 Å². The molecule has 10 heteroatoms. The predicted molar refractivity (Wildman–Crippen MR) is 126 cm³/mol. The molecule has 3 heterocycles. The maximum absolute atomic E-state index is 13.3. The molecule has 2 aromatic rings. The Morgan fingerprint density at radius 2 is 2.12 bits per heavy atom. The minimum Gasteiger partial charge on any atom is -0.379 e. The Bertz CT molecular complexity index is 897. The molecule has 0 saturated carbocycles. The Hall–Kier alpha value is -2.56. The third kappa shape index (κ3) is 6.02. The Morgan fingerprint density at radius 1 is 1.25 bits per heavy atom. The van der Waals surface area contributed by atoms with Crippen LogP contribution in [0.5, 0.6) is 0 Å². The van der Waals surface area contributed by atoms with Gasteiger partial charge in [0.05, 0.1) is 5.70 Å². The number of carbonyl (C=O) groups excluding carboxylic acids is 1. The number of hydrogen-bond donors (Lipinski definition) is 3. The number of benzene rings is 1. The van der Waals surface area contributed by atoms with E-state index in [1.165, 1.54) is 12.0 Å². The SMILES string of the molecule is Nc1nonc1C1=CSC(N(CCCN2CCCNCC2)C(=O)CCc2ccccc2)N1. The van der Waals surface area contributed by atoms with E-state index in [1.807, 2.05) is 28.5 Å². The van der Waals surface area contributed by atoms with Crippen molar-refractivity contribution in [2.24, 2.45) is 0 Å². The zero-order chi connectivity index (χ0) is 22.2. The van der Waals surface area contributed by atoms with E-state index in [1.54, 1.807) is 11.8 Å². The second kappa shape index (κ2) is 11.3. The van der Waals surface area contributed by atoms with Gasteiger partial charge < -0.3 is 26.2 Å². The van der Waals surface area contributed by atoms with Gasteiger partial charge >= 0.3 is 0 Å². The third-order valence-corrected chi connectivity index (χ3v) is 6.74. The molecule has 9 nitrogen and oxygen atoms in total. The van der Waals surface area contributed by atoms with Gasteiger partial charge in [0.25, 0.3) is 0 Å². The van der Waals surface area contributed by atoms with E-state index in [2.05, 4.69) is 38.0 Å². The number of rotatable bonds is 9. The number of nitrogen functional groups attached to an aromatic ring is 1. The van der Waals surface area contributed by atoms with Gasteiger partial charge in [0.2, 0.25) is 5.91 Å². The first kappa shape index (κ1) is 22.6. The average molecular weight is 458 g/mol. The number of aromatic nitrogens is 2. The van der Waals surface area contributed by atoms with E-state index in [0.717, 1.165) is 51.3 Å². The van der Waals surface area contributed by atoms with Gasteiger partial charge in [-0.3, -0.25) is 4.79 Å². The molecule has 2 aliphatic rings. The summed E-state index contributed by atoms with van der Waals surface area (Å²) in [7, 11) is 0. The number of nitrogens with one attached hydrogen (secondary N) is 2. The lowest BCUT2D eigenvalue weighted by atomic mass is 10.1. The van der Waals surface area contributed by atoms with E-state index in [0.29, 0.717) is 18.7 Å². The number of amides is 1. The highest BCUT2D eigenvalue weighted by Gasteiger charge is 2.30. The monoisotopic (exact) mass is 457 g/mol. The number of thioether (sulfide) groups is 1. The van der Waals surface area contributed by atoms with E-state index in [-0.39, 0.29) is 17.2 Å². The van der Waals surface area contributed by atoms with Gasteiger partial charge in [-0.2, -0.15) is 0 Å². The molecule has 0 spiro atoms. The molecule has 0 bridgehead atoms. The molecular formula is C22H31N7O2S. The van der Waals surface area contributed by atoms with Crippen LogP contribution in [0.3, 0.4) is 0 Å². The first-order chi connectivity index (χ1) is 15.7. The zero-order valence-electron chi connectivity index (χ0n) is 18.2. The van der Waals surface area contributed by atoms with E-state index in [9.17, 15) is 4.79 Å². The summed E-state index contributed by atoms with van der Waals surface area (Å²) in [4.78, 5) is 17.7. The standard InChI is InChI=1S/C22H31N7O2S/c23-21-20(26-31-27-21)18-16-32-22(25-18)29(14-5-13-28-12-4-10-24-11-15-28)19(30)9-8-17-6-2-1-3-7-17/h1-3,6-7,16,22,24-25H,4-5,8-15H2,(H2,23,27). The first-order valence-electron chi connectivity index (χ1n) is 11.2. The predicted octanol–water partition coefficient (Wildman–Crippen LogP) is 1.72. The molecule has 2 aliphatic heterocycles. The van der Waals surface area contributed by atoms with Gasteiger partial charge in [-0.1, -0.05) is 42.1 Å².